The Morgan fingerprint density at radius 3 is 2.42 bits per heavy atom. The fourth-order valence-corrected chi connectivity index (χ4v) is 4.38. The van der Waals surface area contributed by atoms with Gasteiger partial charge in [-0.3, -0.25) is 23.7 Å². The summed E-state index contributed by atoms with van der Waals surface area (Å²) in [4.78, 5) is 46.3. The molecule has 0 bridgehead atoms. The standard InChI is InChI=1S/C24H25N5O3S/c1-24(2,3)15-8-6-14(7-9-15)17-13-33-22(26-17)27-19(30)12-16-20-18(10-11-25-16)28(4)23(32)29(5)21(20)31/h6-11,13H,12H2,1-5H3,(H,26,27,30). The number of amides is 1. The van der Waals surface area contributed by atoms with Gasteiger partial charge in [0.1, 0.15) is 0 Å². The van der Waals surface area contributed by atoms with E-state index in [1.165, 1.54) is 34.7 Å². The van der Waals surface area contributed by atoms with Crippen molar-refractivity contribution in [3.05, 3.63) is 74.0 Å². The number of rotatable bonds is 4. The first kappa shape index (κ1) is 22.6. The van der Waals surface area contributed by atoms with Crippen molar-refractivity contribution in [2.24, 2.45) is 14.1 Å². The molecular weight excluding hydrogens is 438 g/mol. The molecule has 0 radical (unpaired) electrons. The Bertz CT molecular complexity index is 1470. The molecule has 9 heteroatoms. The summed E-state index contributed by atoms with van der Waals surface area (Å²) in [5.41, 5.74) is 2.91. The Kier molecular flexibility index (Phi) is 5.75. The summed E-state index contributed by atoms with van der Waals surface area (Å²) < 4.78 is 2.39. The van der Waals surface area contributed by atoms with Crippen molar-refractivity contribution in [3.63, 3.8) is 0 Å². The first-order valence-corrected chi connectivity index (χ1v) is 11.3. The quantitative estimate of drug-likeness (QED) is 0.501. The molecule has 0 aliphatic rings. The molecule has 0 saturated heterocycles. The lowest BCUT2D eigenvalue weighted by Gasteiger charge is -2.18. The Morgan fingerprint density at radius 1 is 1.06 bits per heavy atom. The van der Waals surface area contributed by atoms with Crippen LogP contribution in [0.5, 0.6) is 0 Å². The van der Waals surface area contributed by atoms with Gasteiger partial charge in [0.15, 0.2) is 5.13 Å². The van der Waals surface area contributed by atoms with Gasteiger partial charge in [-0.25, -0.2) is 9.78 Å². The number of hydrogen-bond acceptors (Lipinski definition) is 6. The fraction of sp³-hybridized carbons (Fsp3) is 0.292. The molecule has 8 nitrogen and oxygen atoms in total. The van der Waals surface area contributed by atoms with Gasteiger partial charge < -0.3 is 5.32 Å². The molecule has 3 aromatic heterocycles. The summed E-state index contributed by atoms with van der Waals surface area (Å²) in [6.45, 7) is 6.50. The minimum atomic E-state index is -0.473. The van der Waals surface area contributed by atoms with E-state index in [-0.39, 0.29) is 23.1 Å². The number of anilines is 1. The second kappa shape index (κ2) is 8.40. The number of nitrogens with zero attached hydrogens (tertiary/aromatic N) is 4. The third kappa shape index (κ3) is 4.36. The van der Waals surface area contributed by atoms with Gasteiger partial charge in [0, 0.05) is 31.2 Å². The van der Waals surface area contributed by atoms with Gasteiger partial charge in [-0.05, 0) is 17.0 Å². The zero-order valence-corrected chi connectivity index (χ0v) is 20.0. The average Bonchev–Trinajstić information content (AvgIpc) is 3.23. The number of fused-ring (bicyclic) bond motifs is 1. The van der Waals surface area contributed by atoms with Crippen LogP contribution in [0.15, 0.2) is 51.5 Å². The topological polar surface area (TPSA) is 98.9 Å². The van der Waals surface area contributed by atoms with Crippen LogP contribution in [0.25, 0.3) is 22.2 Å². The van der Waals surface area contributed by atoms with Crippen molar-refractivity contribution in [3.8, 4) is 11.3 Å². The Hall–Kier alpha value is -3.59. The van der Waals surface area contributed by atoms with Crippen molar-refractivity contribution in [1.29, 1.82) is 0 Å². The number of aryl methyl sites for hydroxylation is 1. The van der Waals surface area contributed by atoms with Crippen LogP contribution in [0, 0.1) is 0 Å². The summed E-state index contributed by atoms with van der Waals surface area (Å²) in [6.07, 6.45) is 1.38. The molecule has 0 aliphatic carbocycles. The average molecular weight is 464 g/mol. The second-order valence-electron chi connectivity index (χ2n) is 8.95. The molecule has 0 saturated carbocycles. The Morgan fingerprint density at radius 2 is 1.76 bits per heavy atom. The number of nitrogens with one attached hydrogen (secondary N) is 1. The Labute approximate surface area is 194 Å². The van der Waals surface area contributed by atoms with Crippen LogP contribution in [0.2, 0.25) is 0 Å². The lowest BCUT2D eigenvalue weighted by Crippen LogP contribution is -2.37. The predicted molar refractivity (Wildman–Crippen MR) is 131 cm³/mol. The maximum atomic E-state index is 12.7. The van der Waals surface area contributed by atoms with Crippen molar-refractivity contribution < 1.29 is 4.79 Å². The largest absolute Gasteiger partial charge is 0.330 e. The van der Waals surface area contributed by atoms with E-state index >= 15 is 0 Å². The number of benzene rings is 1. The molecule has 4 rings (SSSR count). The summed E-state index contributed by atoms with van der Waals surface area (Å²) in [7, 11) is 2.99. The van der Waals surface area contributed by atoms with Crippen molar-refractivity contribution in [2.75, 3.05) is 5.32 Å². The van der Waals surface area contributed by atoms with E-state index in [0.29, 0.717) is 16.3 Å². The molecular formula is C24H25N5O3S. The maximum absolute atomic E-state index is 12.7. The minimum absolute atomic E-state index is 0.0721. The van der Waals surface area contributed by atoms with Gasteiger partial charge in [-0.2, -0.15) is 0 Å². The molecule has 0 aliphatic heterocycles. The second-order valence-corrected chi connectivity index (χ2v) is 9.81. The van der Waals surface area contributed by atoms with Crippen molar-refractivity contribution in [2.45, 2.75) is 32.6 Å². The SMILES string of the molecule is Cn1c(=O)c2c(CC(=O)Nc3nc(-c4ccc(C(C)(C)C)cc4)cs3)nccc2n(C)c1=O. The van der Waals surface area contributed by atoms with Crippen molar-refractivity contribution in [1.82, 2.24) is 19.1 Å². The van der Waals surface area contributed by atoms with E-state index in [4.69, 9.17) is 0 Å². The molecule has 0 unspecified atom stereocenters. The lowest BCUT2D eigenvalue weighted by molar-refractivity contribution is -0.115. The fourth-order valence-electron chi connectivity index (χ4n) is 3.64. The molecule has 3 heterocycles. The zero-order chi connectivity index (χ0) is 23.9. The van der Waals surface area contributed by atoms with Crippen LogP contribution in [0.4, 0.5) is 5.13 Å². The van der Waals surface area contributed by atoms with Crippen LogP contribution in [0.1, 0.15) is 32.0 Å². The van der Waals surface area contributed by atoms with Gasteiger partial charge >= 0.3 is 5.69 Å². The summed E-state index contributed by atoms with van der Waals surface area (Å²) in [6, 6.07) is 9.83. The van der Waals surface area contributed by atoms with Crippen molar-refractivity contribution >= 4 is 33.3 Å². The molecule has 0 spiro atoms. The predicted octanol–water partition coefficient (Wildman–Crippen LogP) is 3.23. The minimum Gasteiger partial charge on any atom is -0.302 e. The summed E-state index contributed by atoms with van der Waals surface area (Å²) in [5, 5.41) is 5.41. The molecule has 1 amide bonds. The van der Waals surface area contributed by atoms with Gasteiger partial charge in [0.25, 0.3) is 5.56 Å². The zero-order valence-electron chi connectivity index (χ0n) is 19.2. The highest BCUT2D eigenvalue weighted by molar-refractivity contribution is 7.14. The number of aromatic nitrogens is 4. The van der Waals surface area contributed by atoms with E-state index in [1.54, 1.807) is 13.1 Å². The van der Waals surface area contributed by atoms with E-state index in [1.807, 2.05) is 17.5 Å². The lowest BCUT2D eigenvalue weighted by atomic mass is 9.86. The molecule has 0 atom stereocenters. The van der Waals surface area contributed by atoms with E-state index in [0.717, 1.165) is 15.8 Å². The summed E-state index contributed by atoms with van der Waals surface area (Å²) in [5.74, 6) is -0.338. The van der Waals surface area contributed by atoms with Crippen LogP contribution in [0.3, 0.4) is 0 Å². The van der Waals surface area contributed by atoms with E-state index < -0.39 is 11.2 Å². The van der Waals surface area contributed by atoms with Gasteiger partial charge in [-0.15, -0.1) is 11.3 Å². The van der Waals surface area contributed by atoms with Crippen LogP contribution >= 0.6 is 11.3 Å². The molecule has 1 N–H and O–H groups in total. The highest BCUT2D eigenvalue weighted by atomic mass is 32.1. The molecule has 0 fully saturated rings. The smallest absolute Gasteiger partial charge is 0.302 e. The van der Waals surface area contributed by atoms with E-state index in [9.17, 15) is 14.4 Å². The normalized spacial score (nSPS) is 11.7. The molecule has 33 heavy (non-hydrogen) atoms. The number of hydrogen-bond donors (Lipinski definition) is 1. The Balaban J connectivity index is 1.55. The monoisotopic (exact) mass is 463 g/mol. The molecule has 4 aromatic rings. The van der Waals surface area contributed by atoms with Crippen LogP contribution < -0.4 is 16.6 Å². The number of thiazole rings is 1. The number of carbonyl (C=O) groups excluding carboxylic acids is 1. The number of pyridine rings is 1. The maximum Gasteiger partial charge on any atom is 0.330 e. The van der Waals surface area contributed by atoms with Gasteiger partial charge in [0.05, 0.1) is 28.7 Å². The highest BCUT2D eigenvalue weighted by Crippen LogP contribution is 2.28. The number of carbonyl (C=O) groups is 1. The van der Waals surface area contributed by atoms with Gasteiger partial charge in [-0.1, -0.05) is 45.0 Å². The first-order chi connectivity index (χ1) is 15.6. The first-order valence-electron chi connectivity index (χ1n) is 10.5. The molecule has 1 aromatic carbocycles. The van der Waals surface area contributed by atoms with Crippen LogP contribution in [-0.4, -0.2) is 25.0 Å². The summed E-state index contributed by atoms with van der Waals surface area (Å²) >= 11 is 1.33. The van der Waals surface area contributed by atoms with E-state index in [2.05, 4.69) is 48.2 Å². The third-order valence-corrected chi connectivity index (χ3v) is 6.34. The third-order valence-electron chi connectivity index (χ3n) is 5.59. The van der Waals surface area contributed by atoms with Gasteiger partial charge in [0.2, 0.25) is 5.91 Å². The molecule has 170 valence electrons. The van der Waals surface area contributed by atoms with Crippen LogP contribution in [-0.2, 0) is 30.7 Å². The highest BCUT2D eigenvalue weighted by Gasteiger charge is 2.17.